The first-order valence-corrected chi connectivity index (χ1v) is 5.22. The van der Waals surface area contributed by atoms with Crippen LogP contribution in [0.2, 0.25) is 0 Å². The Morgan fingerprint density at radius 3 is 2.20 bits per heavy atom. The van der Waals surface area contributed by atoms with E-state index in [2.05, 4.69) is 0 Å². The molecule has 0 spiro atoms. The second-order valence-corrected chi connectivity index (χ2v) is 4.22. The first kappa shape index (κ1) is 7.45. The molecule has 0 saturated carbocycles. The first-order chi connectivity index (χ1) is 4.79. The van der Waals surface area contributed by atoms with Gasteiger partial charge < -0.3 is 0 Å². The van der Waals surface area contributed by atoms with E-state index in [1.54, 1.807) is 12.1 Å². The van der Waals surface area contributed by atoms with E-state index in [0.717, 1.165) is 5.30 Å². The summed E-state index contributed by atoms with van der Waals surface area (Å²) in [6.45, 7) is 0. The van der Waals surface area contributed by atoms with Gasteiger partial charge in [-0.2, -0.15) is 8.42 Å². The predicted octanol–water partition coefficient (Wildman–Crippen LogP) is 1.05. The zero-order chi connectivity index (χ0) is 7.40. The average Bonchev–Trinajstić information content (AvgIpc) is 1.88. The van der Waals surface area contributed by atoms with Gasteiger partial charge in [0.1, 0.15) is 0 Å². The van der Waals surface area contributed by atoms with Crippen molar-refractivity contribution >= 4 is 22.5 Å². The summed E-state index contributed by atoms with van der Waals surface area (Å²) in [4.78, 5) is 0. The molecule has 0 atom stereocenters. The Kier molecular flexibility index (Phi) is 2.60. The first-order valence-electron chi connectivity index (χ1n) is 2.65. The third kappa shape index (κ3) is 2.29. The van der Waals surface area contributed by atoms with Crippen LogP contribution < -0.4 is 5.30 Å². The molecule has 0 aromatic heterocycles. The van der Waals surface area contributed by atoms with Gasteiger partial charge in [0.15, 0.2) is 0 Å². The van der Waals surface area contributed by atoms with Crippen molar-refractivity contribution in [3.8, 4) is 0 Å². The van der Waals surface area contributed by atoms with Crippen LogP contribution in [0.1, 0.15) is 0 Å². The fourth-order valence-electron chi connectivity index (χ4n) is 0.575. The summed E-state index contributed by atoms with van der Waals surface area (Å²) in [5.41, 5.74) is 0. The lowest BCUT2D eigenvalue weighted by atomic mass is 10.4. The van der Waals surface area contributed by atoms with Crippen molar-refractivity contribution in [1.29, 1.82) is 0 Å². The molecule has 0 aliphatic carbocycles. The molecule has 0 amide bonds. The normalized spacial score (nSPS) is 9.60. The van der Waals surface area contributed by atoms with Crippen molar-refractivity contribution in [3.63, 3.8) is 0 Å². The van der Waals surface area contributed by atoms with Crippen molar-refractivity contribution in [3.05, 3.63) is 30.3 Å². The van der Waals surface area contributed by atoms with E-state index < -0.39 is 9.88 Å². The third-order valence-corrected chi connectivity index (χ3v) is 2.67. The van der Waals surface area contributed by atoms with Crippen LogP contribution in [0, 0.1) is 0 Å². The van der Waals surface area contributed by atoms with Gasteiger partial charge in [0.25, 0.3) is 0 Å². The van der Waals surface area contributed by atoms with Gasteiger partial charge in [-0.05, 0) is 12.1 Å². The van der Waals surface area contributed by atoms with Gasteiger partial charge in [-0.25, -0.2) is 0 Å². The van der Waals surface area contributed by atoms with Crippen molar-refractivity contribution in [2.24, 2.45) is 0 Å². The van der Waals surface area contributed by atoms with E-state index in [-0.39, 0.29) is 0 Å². The quantitative estimate of drug-likeness (QED) is 0.593. The molecule has 0 aliphatic rings. The molecule has 1 aromatic carbocycles. The van der Waals surface area contributed by atoms with Gasteiger partial charge in [0.2, 0.25) is 9.88 Å². The summed E-state index contributed by atoms with van der Waals surface area (Å²) in [5.74, 6) is 0. The van der Waals surface area contributed by atoms with E-state index in [0.29, 0.717) is 7.36 Å². The van der Waals surface area contributed by atoms with Gasteiger partial charge in [-0.1, -0.05) is 18.2 Å². The van der Waals surface area contributed by atoms with E-state index in [1.807, 2.05) is 18.2 Å². The summed E-state index contributed by atoms with van der Waals surface area (Å²) in [7, 11) is -1.65. The Labute approximate surface area is 61.9 Å². The smallest absolute Gasteiger partial charge is 0.180 e. The van der Waals surface area contributed by atoms with Crippen LogP contribution in [0.5, 0.6) is 0 Å². The zero-order valence-electron chi connectivity index (χ0n) is 5.06. The van der Waals surface area contributed by atoms with Gasteiger partial charge >= 0.3 is 0 Å². The number of rotatable bonds is 1. The monoisotopic (exact) mass is 172 g/mol. The van der Waals surface area contributed by atoms with E-state index >= 15 is 0 Å². The Morgan fingerprint density at radius 1 is 1.10 bits per heavy atom. The molecule has 0 heterocycles. The fraction of sp³-hybridized carbons (Fsp3) is 0. The Morgan fingerprint density at radius 2 is 1.70 bits per heavy atom. The molecule has 0 saturated heterocycles. The summed E-state index contributed by atoms with van der Waals surface area (Å²) in [6.07, 6.45) is 0. The van der Waals surface area contributed by atoms with E-state index in [1.165, 1.54) is 0 Å². The molecule has 0 bridgehead atoms. The molecule has 1 aromatic rings. The minimum Gasteiger partial charge on any atom is -0.180 e. The van der Waals surface area contributed by atoms with Crippen LogP contribution in [-0.2, 0) is 9.88 Å². The highest BCUT2D eigenvalue weighted by molar-refractivity contribution is 8.07. The molecule has 10 heavy (non-hydrogen) atoms. The SMILES string of the molecule is O=S(=O)=Pc1ccccc1. The Hall–Kier alpha value is -0.660. The Balaban J connectivity index is 3.10. The topological polar surface area (TPSA) is 34.1 Å². The second kappa shape index (κ2) is 3.49. The van der Waals surface area contributed by atoms with Crippen molar-refractivity contribution in [2.45, 2.75) is 0 Å². The summed E-state index contributed by atoms with van der Waals surface area (Å²) >= 11 is 0. The molecule has 0 N–H and O–H groups in total. The zero-order valence-corrected chi connectivity index (χ0v) is 6.77. The summed E-state index contributed by atoms with van der Waals surface area (Å²) in [5, 5.41) is 0.802. The predicted molar refractivity (Wildman–Crippen MR) is 41.9 cm³/mol. The van der Waals surface area contributed by atoms with E-state index in [9.17, 15) is 8.42 Å². The van der Waals surface area contributed by atoms with Gasteiger partial charge in [-0.15, -0.1) is 0 Å². The largest absolute Gasteiger partial charge is 0.239 e. The van der Waals surface area contributed by atoms with E-state index in [4.69, 9.17) is 0 Å². The van der Waals surface area contributed by atoms with Crippen LogP contribution in [-0.4, -0.2) is 8.42 Å². The maximum atomic E-state index is 10.2. The minimum absolute atomic E-state index is 0.346. The maximum Gasteiger partial charge on any atom is 0.239 e. The highest BCUT2D eigenvalue weighted by Crippen LogP contribution is 1.95. The molecule has 0 fully saturated rings. The molecule has 52 valence electrons. The number of hydrogen-bond donors (Lipinski definition) is 0. The average molecular weight is 172 g/mol. The van der Waals surface area contributed by atoms with Crippen molar-refractivity contribution in [2.75, 3.05) is 0 Å². The Bertz CT molecular complexity index is 320. The van der Waals surface area contributed by atoms with Crippen LogP contribution in [0.25, 0.3) is 0 Å². The second-order valence-electron chi connectivity index (χ2n) is 1.64. The van der Waals surface area contributed by atoms with Crippen LogP contribution in [0.4, 0.5) is 0 Å². The standard InChI is InChI=1S/C6H5O2PS/c7-10(8)9-6-4-2-1-3-5-6/h1-5H. The van der Waals surface area contributed by atoms with Gasteiger partial charge in [-0.3, -0.25) is 0 Å². The molecular weight excluding hydrogens is 167 g/mol. The molecule has 0 aliphatic heterocycles. The molecule has 1 rings (SSSR count). The molecule has 0 unspecified atom stereocenters. The summed E-state index contributed by atoms with van der Waals surface area (Å²) in [6, 6.07) is 9.03. The third-order valence-electron chi connectivity index (χ3n) is 0.936. The van der Waals surface area contributed by atoms with Crippen molar-refractivity contribution in [1.82, 2.24) is 0 Å². The summed E-state index contributed by atoms with van der Waals surface area (Å²) < 4.78 is 20.3. The highest BCUT2D eigenvalue weighted by atomic mass is 32.5. The van der Waals surface area contributed by atoms with Crippen LogP contribution in [0.15, 0.2) is 30.3 Å². The lowest BCUT2D eigenvalue weighted by Gasteiger charge is -1.82. The van der Waals surface area contributed by atoms with Crippen LogP contribution >= 0.6 is 7.36 Å². The molecule has 0 radical (unpaired) electrons. The molecule has 4 heteroatoms. The number of hydrogen-bond acceptors (Lipinski definition) is 2. The molecule has 2 nitrogen and oxygen atoms in total. The number of benzene rings is 1. The van der Waals surface area contributed by atoms with Crippen LogP contribution in [0.3, 0.4) is 0 Å². The van der Waals surface area contributed by atoms with Crippen molar-refractivity contribution < 1.29 is 8.42 Å². The van der Waals surface area contributed by atoms with Gasteiger partial charge in [0.05, 0.1) is 7.36 Å². The fourth-order valence-corrected chi connectivity index (χ4v) is 1.92. The lowest BCUT2D eigenvalue weighted by Crippen LogP contribution is -1.85. The maximum absolute atomic E-state index is 10.2. The molecular formula is C6H5O2PS. The lowest BCUT2D eigenvalue weighted by molar-refractivity contribution is 0.628. The minimum atomic E-state index is -1.99. The highest BCUT2D eigenvalue weighted by Gasteiger charge is 1.83. The van der Waals surface area contributed by atoms with Gasteiger partial charge in [0, 0.05) is 5.30 Å².